The number of rotatable bonds is 9. The fourth-order valence-corrected chi connectivity index (χ4v) is 2.77. The van der Waals surface area contributed by atoms with E-state index in [1.54, 1.807) is 0 Å². The van der Waals surface area contributed by atoms with Crippen LogP contribution in [0.25, 0.3) is 10.8 Å². The normalized spacial score (nSPS) is 12.7. The molecule has 0 radical (unpaired) electrons. The molecule has 0 saturated heterocycles. The molecule has 1 unspecified atom stereocenters. The molecule has 21 heavy (non-hydrogen) atoms. The van der Waals surface area contributed by atoms with Crippen molar-refractivity contribution in [2.75, 3.05) is 19.8 Å². The fourth-order valence-electron chi connectivity index (χ4n) is 2.77. The maximum Gasteiger partial charge on any atom is 0.0466 e. The average Bonchev–Trinajstić information content (AvgIpc) is 2.54. The predicted molar refractivity (Wildman–Crippen MR) is 90.7 cm³/mol. The van der Waals surface area contributed by atoms with Crippen molar-refractivity contribution in [2.24, 2.45) is 0 Å². The van der Waals surface area contributed by atoms with E-state index in [0.29, 0.717) is 6.04 Å². The van der Waals surface area contributed by atoms with Gasteiger partial charge in [-0.25, -0.2) is 0 Å². The minimum Gasteiger partial charge on any atom is -0.382 e. The van der Waals surface area contributed by atoms with Gasteiger partial charge in [0.15, 0.2) is 0 Å². The lowest BCUT2D eigenvalue weighted by Gasteiger charge is -2.21. The Balaban J connectivity index is 2.17. The molecule has 0 fully saturated rings. The van der Waals surface area contributed by atoms with Gasteiger partial charge in [-0.2, -0.15) is 0 Å². The van der Waals surface area contributed by atoms with Crippen LogP contribution in [-0.4, -0.2) is 19.8 Å². The molecule has 0 aromatic heterocycles. The van der Waals surface area contributed by atoms with Crippen molar-refractivity contribution >= 4 is 10.8 Å². The Morgan fingerprint density at radius 2 is 1.86 bits per heavy atom. The van der Waals surface area contributed by atoms with E-state index in [1.165, 1.54) is 16.3 Å². The van der Waals surface area contributed by atoms with Crippen molar-refractivity contribution in [3.05, 3.63) is 48.0 Å². The summed E-state index contributed by atoms with van der Waals surface area (Å²) in [7, 11) is 0. The van der Waals surface area contributed by atoms with Crippen LogP contribution in [0.4, 0.5) is 0 Å². The van der Waals surface area contributed by atoms with E-state index in [2.05, 4.69) is 61.6 Å². The van der Waals surface area contributed by atoms with E-state index >= 15 is 0 Å². The van der Waals surface area contributed by atoms with Gasteiger partial charge in [0, 0.05) is 19.3 Å². The molecule has 1 N–H and O–H groups in total. The highest BCUT2D eigenvalue weighted by Gasteiger charge is 2.13. The van der Waals surface area contributed by atoms with E-state index in [9.17, 15) is 0 Å². The van der Waals surface area contributed by atoms with E-state index in [4.69, 9.17) is 4.74 Å². The van der Waals surface area contributed by atoms with Crippen LogP contribution in [0.1, 0.15) is 44.7 Å². The molecule has 0 amide bonds. The molecule has 2 aromatic rings. The minimum atomic E-state index is 0.413. The third-order valence-corrected chi connectivity index (χ3v) is 3.83. The number of hydrogen-bond acceptors (Lipinski definition) is 2. The third kappa shape index (κ3) is 4.55. The quantitative estimate of drug-likeness (QED) is 0.674. The number of hydrogen-bond donors (Lipinski definition) is 1. The summed E-state index contributed by atoms with van der Waals surface area (Å²) in [5.41, 5.74) is 1.41. The minimum absolute atomic E-state index is 0.413. The molecular weight excluding hydrogens is 258 g/mol. The van der Waals surface area contributed by atoms with Crippen LogP contribution in [-0.2, 0) is 4.74 Å². The Bertz CT molecular complexity index is 533. The highest BCUT2D eigenvalue weighted by atomic mass is 16.5. The lowest BCUT2D eigenvalue weighted by Crippen LogP contribution is -2.22. The van der Waals surface area contributed by atoms with Crippen LogP contribution in [0.5, 0.6) is 0 Å². The molecular formula is C19H27NO. The first-order chi connectivity index (χ1) is 10.4. The zero-order valence-corrected chi connectivity index (χ0v) is 13.3. The van der Waals surface area contributed by atoms with Crippen molar-refractivity contribution in [1.82, 2.24) is 5.32 Å². The molecule has 2 aromatic carbocycles. The summed E-state index contributed by atoms with van der Waals surface area (Å²) in [4.78, 5) is 0. The Hall–Kier alpha value is -1.38. The van der Waals surface area contributed by atoms with Gasteiger partial charge in [-0.1, -0.05) is 49.4 Å². The van der Waals surface area contributed by atoms with Gasteiger partial charge in [0.05, 0.1) is 0 Å². The molecule has 2 rings (SSSR count). The first-order valence-corrected chi connectivity index (χ1v) is 8.15. The topological polar surface area (TPSA) is 21.3 Å². The molecule has 0 aliphatic carbocycles. The van der Waals surface area contributed by atoms with Gasteiger partial charge in [-0.15, -0.1) is 0 Å². The van der Waals surface area contributed by atoms with Crippen LogP contribution >= 0.6 is 0 Å². The van der Waals surface area contributed by atoms with Crippen molar-refractivity contribution in [1.29, 1.82) is 0 Å². The van der Waals surface area contributed by atoms with Gasteiger partial charge in [0.2, 0.25) is 0 Å². The second-order valence-corrected chi connectivity index (χ2v) is 5.41. The summed E-state index contributed by atoms with van der Waals surface area (Å²) < 4.78 is 5.48. The predicted octanol–water partition coefficient (Wildman–Crippen LogP) is 4.70. The molecule has 0 aliphatic rings. The Kier molecular flexibility index (Phi) is 6.71. The molecule has 0 saturated carbocycles. The lowest BCUT2D eigenvalue weighted by atomic mass is 9.95. The summed E-state index contributed by atoms with van der Waals surface area (Å²) in [6, 6.07) is 15.7. The molecule has 2 nitrogen and oxygen atoms in total. The molecule has 0 spiro atoms. The second-order valence-electron chi connectivity index (χ2n) is 5.41. The first-order valence-electron chi connectivity index (χ1n) is 8.15. The van der Waals surface area contributed by atoms with Gasteiger partial charge in [0.25, 0.3) is 0 Å². The molecule has 0 heterocycles. The SMILES string of the molecule is CCCNC(CCCOCC)c1cccc2ccccc12. The van der Waals surface area contributed by atoms with Crippen molar-refractivity contribution in [3.8, 4) is 0 Å². The Morgan fingerprint density at radius 1 is 1.05 bits per heavy atom. The molecule has 0 aliphatic heterocycles. The number of ether oxygens (including phenoxy) is 1. The summed E-state index contributed by atoms with van der Waals surface area (Å²) in [6.07, 6.45) is 3.37. The smallest absolute Gasteiger partial charge is 0.0466 e. The van der Waals surface area contributed by atoms with Crippen molar-refractivity contribution in [3.63, 3.8) is 0 Å². The van der Waals surface area contributed by atoms with Crippen LogP contribution in [0.15, 0.2) is 42.5 Å². The molecule has 114 valence electrons. The maximum absolute atomic E-state index is 5.48. The molecule has 0 bridgehead atoms. The van der Waals surface area contributed by atoms with Crippen LogP contribution in [0.2, 0.25) is 0 Å². The summed E-state index contributed by atoms with van der Waals surface area (Å²) >= 11 is 0. The fraction of sp³-hybridized carbons (Fsp3) is 0.474. The monoisotopic (exact) mass is 285 g/mol. The second kappa shape index (κ2) is 8.81. The largest absolute Gasteiger partial charge is 0.382 e. The van der Waals surface area contributed by atoms with Crippen molar-refractivity contribution in [2.45, 2.75) is 39.2 Å². The first kappa shape index (κ1) is 16.0. The van der Waals surface area contributed by atoms with Gasteiger partial charge in [-0.3, -0.25) is 0 Å². The Morgan fingerprint density at radius 3 is 2.67 bits per heavy atom. The van der Waals surface area contributed by atoms with Gasteiger partial charge >= 0.3 is 0 Å². The zero-order valence-electron chi connectivity index (χ0n) is 13.3. The maximum atomic E-state index is 5.48. The van der Waals surface area contributed by atoms with Crippen LogP contribution < -0.4 is 5.32 Å². The van der Waals surface area contributed by atoms with Gasteiger partial charge < -0.3 is 10.1 Å². The van der Waals surface area contributed by atoms with E-state index in [0.717, 1.165) is 39.0 Å². The van der Waals surface area contributed by atoms with E-state index in [1.807, 2.05) is 0 Å². The average molecular weight is 285 g/mol. The summed E-state index contributed by atoms with van der Waals surface area (Å²) in [6.45, 7) is 6.99. The number of fused-ring (bicyclic) bond motifs is 1. The van der Waals surface area contributed by atoms with Gasteiger partial charge in [0.1, 0.15) is 0 Å². The highest BCUT2D eigenvalue weighted by Crippen LogP contribution is 2.27. The lowest BCUT2D eigenvalue weighted by molar-refractivity contribution is 0.141. The number of nitrogens with one attached hydrogen (secondary N) is 1. The molecule has 1 atom stereocenters. The highest BCUT2D eigenvalue weighted by molar-refractivity contribution is 5.86. The Labute approximate surface area is 128 Å². The van der Waals surface area contributed by atoms with Crippen LogP contribution in [0.3, 0.4) is 0 Å². The summed E-state index contributed by atoms with van der Waals surface area (Å²) in [5, 5.41) is 6.39. The zero-order chi connectivity index (χ0) is 14.9. The molecule has 2 heteroatoms. The summed E-state index contributed by atoms with van der Waals surface area (Å²) in [5.74, 6) is 0. The van der Waals surface area contributed by atoms with Crippen LogP contribution in [0, 0.1) is 0 Å². The third-order valence-electron chi connectivity index (χ3n) is 3.83. The van der Waals surface area contributed by atoms with Gasteiger partial charge in [-0.05, 0) is 49.1 Å². The van der Waals surface area contributed by atoms with E-state index < -0.39 is 0 Å². The standard InChI is InChI=1S/C19H27NO/c1-3-14-20-19(13-8-15-21-4-2)18-12-7-10-16-9-5-6-11-17(16)18/h5-7,9-12,19-20H,3-4,8,13-15H2,1-2H3. The van der Waals surface area contributed by atoms with E-state index in [-0.39, 0.29) is 0 Å². The number of benzene rings is 2. The van der Waals surface area contributed by atoms with Crippen molar-refractivity contribution < 1.29 is 4.74 Å².